The predicted molar refractivity (Wildman–Crippen MR) is 113 cm³/mol. The van der Waals surface area contributed by atoms with Crippen LogP contribution >= 0.6 is 11.3 Å². The summed E-state index contributed by atoms with van der Waals surface area (Å²) in [5.41, 5.74) is 1.14. The van der Waals surface area contributed by atoms with Crippen LogP contribution in [0.4, 0.5) is 9.52 Å². The molecule has 0 aliphatic carbocycles. The second-order valence-electron chi connectivity index (χ2n) is 7.01. The van der Waals surface area contributed by atoms with Crippen LogP contribution < -0.4 is 5.32 Å². The molecule has 1 aromatic heterocycles. The van der Waals surface area contributed by atoms with E-state index in [1.807, 2.05) is 30.3 Å². The summed E-state index contributed by atoms with van der Waals surface area (Å²) in [6.07, 6.45) is 3.43. The molecule has 1 N–H and O–H groups in total. The molecule has 1 saturated heterocycles. The molecule has 0 radical (unpaired) electrons. The SMILES string of the molecule is O=C(Nc1ncc(Cc2ccccc2)s1)[C@@H]1CCCN1S(=O)(=O)c1ccc(F)cc1. The van der Waals surface area contributed by atoms with E-state index < -0.39 is 27.8 Å². The number of aromatic nitrogens is 1. The first-order valence-corrected chi connectivity index (χ1v) is 11.8. The van der Waals surface area contributed by atoms with Crippen LogP contribution in [0.3, 0.4) is 0 Å². The lowest BCUT2D eigenvalue weighted by Crippen LogP contribution is -2.43. The van der Waals surface area contributed by atoms with Crippen LogP contribution in [0.5, 0.6) is 0 Å². The van der Waals surface area contributed by atoms with Crippen molar-refractivity contribution < 1.29 is 17.6 Å². The molecular weight excluding hydrogens is 425 g/mol. The molecule has 156 valence electrons. The number of halogens is 1. The summed E-state index contributed by atoms with van der Waals surface area (Å²) in [7, 11) is -3.89. The summed E-state index contributed by atoms with van der Waals surface area (Å²) < 4.78 is 40.2. The van der Waals surface area contributed by atoms with Crippen molar-refractivity contribution in [2.45, 2.75) is 30.2 Å². The fraction of sp³-hybridized carbons (Fsp3) is 0.238. The second-order valence-corrected chi connectivity index (χ2v) is 10.0. The number of thiazole rings is 1. The van der Waals surface area contributed by atoms with Gasteiger partial charge in [0, 0.05) is 24.0 Å². The lowest BCUT2D eigenvalue weighted by molar-refractivity contribution is -0.119. The topological polar surface area (TPSA) is 79.4 Å². The highest BCUT2D eigenvalue weighted by Gasteiger charge is 2.39. The maximum absolute atomic E-state index is 13.2. The summed E-state index contributed by atoms with van der Waals surface area (Å²) in [4.78, 5) is 18.0. The molecule has 1 atom stereocenters. The van der Waals surface area contributed by atoms with Gasteiger partial charge in [0.2, 0.25) is 15.9 Å². The largest absolute Gasteiger partial charge is 0.301 e. The normalized spacial score (nSPS) is 17.2. The number of carbonyl (C=O) groups excluding carboxylic acids is 1. The molecule has 9 heteroatoms. The quantitative estimate of drug-likeness (QED) is 0.628. The van der Waals surface area contributed by atoms with Gasteiger partial charge in [-0.15, -0.1) is 11.3 Å². The van der Waals surface area contributed by atoms with E-state index in [0.29, 0.717) is 24.4 Å². The molecule has 1 aliphatic heterocycles. The summed E-state index contributed by atoms with van der Waals surface area (Å²) in [5.74, 6) is -0.918. The molecule has 0 unspecified atom stereocenters. The average Bonchev–Trinajstić information content (AvgIpc) is 3.39. The van der Waals surface area contributed by atoms with Gasteiger partial charge in [0.1, 0.15) is 11.9 Å². The molecule has 0 bridgehead atoms. The maximum Gasteiger partial charge on any atom is 0.244 e. The van der Waals surface area contributed by atoms with Crippen LogP contribution in [0.2, 0.25) is 0 Å². The second kappa shape index (κ2) is 8.63. The molecule has 6 nitrogen and oxygen atoms in total. The third kappa shape index (κ3) is 4.43. The highest BCUT2D eigenvalue weighted by atomic mass is 32.2. The van der Waals surface area contributed by atoms with Crippen LogP contribution in [0.15, 0.2) is 65.7 Å². The number of carbonyl (C=O) groups is 1. The molecule has 1 amide bonds. The Morgan fingerprint density at radius 2 is 1.90 bits per heavy atom. The minimum Gasteiger partial charge on any atom is -0.301 e. The van der Waals surface area contributed by atoms with Crippen LogP contribution in [0.25, 0.3) is 0 Å². The molecule has 2 heterocycles. The van der Waals surface area contributed by atoms with E-state index >= 15 is 0 Å². The maximum atomic E-state index is 13.2. The van der Waals surface area contributed by atoms with E-state index in [4.69, 9.17) is 0 Å². The Morgan fingerprint density at radius 3 is 2.63 bits per heavy atom. The summed E-state index contributed by atoms with van der Waals surface area (Å²) in [6, 6.07) is 13.7. The summed E-state index contributed by atoms with van der Waals surface area (Å²) in [5, 5.41) is 3.20. The van der Waals surface area contributed by atoms with Gasteiger partial charge in [0.15, 0.2) is 5.13 Å². The van der Waals surface area contributed by atoms with E-state index in [1.54, 1.807) is 6.20 Å². The van der Waals surface area contributed by atoms with Crippen molar-refractivity contribution in [1.29, 1.82) is 0 Å². The van der Waals surface area contributed by atoms with Crippen molar-refractivity contribution in [3.05, 3.63) is 77.1 Å². The van der Waals surface area contributed by atoms with Crippen molar-refractivity contribution in [2.24, 2.45) is 0 Å². The molecule has 1 aliphatic rings. The van der Waals surface area contributed by atoms with Crippen molar-refractivity contribution in [3.63, 3.8) is 0 Å². The van der Waals surface area contributed by atoms with Crippen LogP contribution in [0.1, 0.15) is 23.3 Å². The Kier molecular flexibility index (Phi) is 5.94. The van der Waals surface area contributed by atoms with E-state index in [1.165, 1.54) is 27.8 Å². The summed E-state index contributed by atoms with van der Waals surface area (Å²) >= 11 is 1.37. The van der Waals surface area contributed by atoms with E-state index in [2.05, 4.69) is 10.3 Å². The Bertz CT molecular complexity index is 1130. The number of benzene rings is 2. The van der Waals surface area contributed by atoms with Gasteiger partial charge in [-0.25, -0.2) is 17.8 Å². The van der Waals surface area contributed by atoms with Gasteiger partial charge in [-0.2, -0.15) is 4.31 Å². The fourth-order valence-corrected chi connectivity index (χ4v) is 5.97. The number of rotatable bonds is 6. The van der Waals surface area contributed by atoms with Crippen molar-refractivity contribution in [3.8, 4) is 0 Å². The molecular formula is C21H20FN3O3S2. The van der Waals surface area contributed by atoms with Crippen LogP contribution in [-0.4, -0.2) is 36.2 Å². The monoisotopic (exact) mass is 445 g/mol. The van der Waals surface area contributed by atoms with Crippen LogP contribution in [-0.2, 0) is 21.2 Å². The number of amides is 1. The smallest absolute Gasteiger partial charge is 0.244 e. The highest BCUT2D eigenvalue weighted by molar-refractivity contribution is 7.89. The zero-order chi connectivity index (χ0) is 21.1. The van der Waals surface area contributed by atoms with E-state index in [9.17, 15) is 17.6 Å². The molecule has 0 spiro atoms. The minimum atomic E-state index is -3.89. The lowest BCUT2D eigenvalue weighted by atomic mass is 10.1. The minimum absolute atomic E-state index is 0.0250. The van der Waals surface area contributed by atoms with Gasteiger partial charge in [-0.05, 0) is 42.7 Å². The zero-order valence-corrected chi connectivity index (χ0v) is 17.6. The van der Waals surface area contributed by atoms with Crippen molar-refractivity contribution >= 4 is 32.4 Å². The number of hydrogen-bond acceptors (Lipinski definition) is 5. The summed E-state index contributed by atoms with van der Waals surface area (Å²) in [6.45, 7) is 0.245. The Morgan fingerprint density at radius 1 is 1.17 bits per heavy atom. The number of nitrogens with zero attached hydrogens (tertiary/aromatic N) is 2. The third-order valence-electron chi connectivity index (χ3n) is 4.93. The molecule has 30 heavy (non-hydrogen) atoms. The first-order chi connectivity index (χ1) is 14.4. The van der Waals surface area contributed by atoms with Gasteiger partial charge in [-0.1, -0.05) is 30.3 Å². The molecule has 4 rings (SSSR count). The van der Waals surface area contributed by atoms with Gasteiger partial charge < -0.3 is 5.32 Å². The first-order valence-electron chi connectivity index (χ1n) is 9.50. The molecule has 1 fully saturated rings. The molecule has 2 aromatic carbocycles. The van der Waals surface area contributed by atoms with Gasteiger partial charge in [0.25, 0.3) is 0 Å². The van der Waals surface area contributed by atoms with Gasteiger partial charge in [-0.3, -0.25) is 4.79 Å². The van der Waals surface area contributed by atoms with Gasteiger partial charge >= 0.3 is 0 Å². The Balaban J connectivity index is 1.46. The Labute approximate surface area is 178 Å². The number of sulfonamides is 1. The van der Waals surface area contributed by atoms with Crippen molar-refractivity contribution in [1.82, 2.24) is 9.29 Å². The van der Waals surface area contributed by atoms with E-state index in [-0.39, 0.29) is 11.4 Å². The number of anilines is 1. The van der Waals surface area contributed by atoms with Gasteiger partial charge in [0.05, 0.1) is 4.90 Å². The predicted octanol–water partition coefficient (Wildman–Crippen LogP) is 3.66. The standard InChI is InChI=1S/C21H20FN3O3S2/c22-16-8-10-18(11-9-16)30(27,28)25-12-4-7-19(25)20(26)24-21-23-14-17(29-21)13-15-5-2-1-3-6-15/h1-3,5-6,8-11,14,19H,4,7,12-13H2,(H,23,24,26)/t19-/m0/s1. The lowest BCUT2D eigenvalue weighted by Gasteiger charge is -2.23. The zero-order valence-electron chi connectivity index (χ0n) is 16.0. The highest BCUT2D eigenvalue weighted by Crippen LogP contribution is 2.28. The third-order valence-corrected chi connectivity index (χ3v) is 7.77. The fourth-order valence-electron chi connectivity index (χ4n) is 3.46. The first kappa shape index (κ1) is 20.6. The Hall–Kier alpha value is -2.62. The molecule has 3 aromatic rings. The van der Waals surface area contributed by atoms with E-state index in [0.717, 1.165) is 22.6 Å². The molecule has 0 saturated carbocycles. The number of hydrogen-bond donors (Lipinski definition) is 1. The average molecular weight is 446 g/mol. The van der Waals surface area contributed by atoms with Crippen LogP contribution in [0, 0.1) is 5.82 Å². The van der Waals surface area contributed by atoms with Crippen molar-refractivity contribution in [2.75, 3.05) is 11.9 Å². The number of nitrogens with one attached hydrogen (secondary N) is 1.